The molecule has 0 atom stereocenters. The van der Waals surface area contributed by atoms with Gasteiger partial charge in [0.1, 0.15) is 8.07 Å². The summed E-state index contributed by atoms with van der Waals surface area (Å²) >= 11 is 0. The van der Waals surface area contributed by atoms with Crippen LogP contribution in [0.3, 0.4) is 0 Å². The van der Waals surface area contributed by atoms with Crippen LogP contribution in [0.4, 0.5) is 0 Å². The van der Waals surface area contributed by atoms with Gasteiger partial charge in [0, 0.05) is 0 Å². The molecule has 1 aliphatic heterocycles. The highest BCUT2D eigenvalue weighted by molar-refractivity contribution is 6.98. The van der Waals surface area contributed by atoms with Gasteiger partial charge in [-0.15, -0.1) is 0 Å². The van der Waals surface area contributed by atoms with E-state index in [0.29, 0.717) is 0 Å². The smallest absolute Gasteiger partial charge is 0.0985 e. The molecule has 1 heterocycles. The van der Waals surface area contributed by atoms with Crippen LogP contribution < -0.4 is 5.19 Å². The molecule has 0 nitrogen and oxygen atoms in total. The highest BCUT2D eigenvalue weighted by atomic mass is 28.3. The quantitative estimate of drug-likeness (QED) is 0.112. The molecule has 276 valence electrons. The first kappa shape index (κ1) is 35.6. The van der Waals surface area contributed by atoms with Crippen LogP contribution in [0, 0.1) is 0 Å². The summed E-state index contributed by atoms with van der Waals surface area (Å²) < 4.78 is 0. The molecule has 0 bridgehead atoms. The molecule has 0 spiro atoms. The van der Waals surface area contributed by atoms with Crippen LogP contribution in [0.5, 0.6) is 0 Å². The van der Waals surface area contributed by atoms with Crippen molar-refractivity contribution in [1.29, 1.82) is 0 Å². The number of hydrogen-bond acceptors (Lipinski definition) is 0. The second kappa shape index (κ2) is 14.3. The average Bonchev–Trinajstić information content (AvgIpc) is 3.47. The van der Waals surface area contributed by atoms with Crippen molar-refractivity contribution in [2.45, 2.75) is 20.0 Å². The third-order valence-corrected chi connectivity index (χ3v) is 16.4. The lowest BCUT2D eigenvalue weighted by molar-refractivity contribution is 1.57. The van der Waals surface area contributed by atoms with Crippen LogP contribution in [0.1, 0.15) is 12.5 Å². The first-order chi connectivity index (χ1) is 28.4. The predicted molar refractivity (Wildman–Crippen MR) is 254 cm³/mol. The summed E-state index contributed by atoms with van der Waals surface area (Å²) in [4.78, 5) is 0. The van der Waals surface area contributed by atoms with Gasteiger partial charge in [0.2, 0.25) is 0 Å². The minimum absolute atomic E-state index is 1.21. The Kier molecular flexibility index (Phi) is 8.77. The molecule has 9 aromatic carbocycles. The minimum atomic E-state index is -1.98. The third-order valence-electron chi connectivity index (χ3n) is 12.5. The zero-order valence-corrected chi connectivity index (χ0v) is 34.3. The van der Waals surface area contributed by atoms with Gasteiger partial charge in [-0.25, -0.2) is 0 Å². The Labute approximate surface area is 343 Å². The van der Waals surface area contributed by atoms with E-state index in [-0.39, 0.29) is 0 Å². The largest absolute Gasteiger partial charge is 0.108 e. The van der Waals surface area contributed by atoms with Gasteiger partial charge in [-0.1, -0.05) is 183 Å². The Morgan fingerprint density at radius 2 is 0.690 bits per heavy atom. The second-order valence-electron chi connectivity index (χ2n) is 16.2. The van der Waals surface area contributed by atoms with Crippen molar-refractivity contribution in [2.24, 2.45) is 0 Å². The monoisotopic (exact) mass is 756 g/mol. The molecule has 0 N–H and O–H groups in total. The normalized spacial score (nSPS) is 13.2. The first-order valence-corrected chi connectivity index (χ1v) is 23.3. The molecular weight excluding hydrogens is 713 g/mol. The van der Waals surface area contributed by atoms with Crippen molar-refractivity contribution < 1.29 is 0 Å². The fraction of sp³-hybridized carbons (Fsp3) is 0.0526. The van der Waals surface area contributed by atoms with Crippen LogP contribution in [-0.2, 0) is 0 Å². The molecule has 0 amide bonds. The van der Waals surface area contributed by atoms with E-state index in [2.05, 4.69) is 227 Å². The van der Waals surface area contributed by atoms with Crippen LogP contribution in [0.2, 0.25) is 13.1 Å². The topological polar surface area (TPSA) is 0 Å². The summed E-state index contributed by atoms with van der Waals surface area (Å²) in [6, 6.07) is 71.8. The number of allylic oxidation sites excluding steroid dienone is 3. The summed E-state index contributed by atoms with van der Waals surface area (Å²) in [6.45, 7) is 11.7. The molecule has 0 radical (unpaired) electrons. The van der Waals surface area contributed by atoms with E-state index in [1.165, 1.54) is 110 Å². The number of rotatable bonds is 7. The fourth-order valence-corrected chi connectivity index (χ4v) is 12.0. The van der Waals surface area contributed by atoms with E-state index in [1.54, 1.807) is 0 Å². The molecule has 0 unspecified atom stereocenters. The van der Waals surface area contributed by atoms with Gasteiger partial charge in [-0.2, -0.15) is 0 Å². The maximum atomic E-state index is 4.36. The van der Waals surface area contributed by atoms with Gasteiger partial charge in [0.05, 0.1) is 0 Å². The highest BCUT2D eigenvalue weighted by Crippen LogP contribution is 2.48. The predicted octanol–water partition coefficient (Wildman–Crippen LogP) is 15.4. The van der Waals surface area contributed by atoms with E-state index in [9.17, 15) is 0 Å². The Bertz CT molecular complexity index is 2950. The van der Waals surface area contributed by atoms with Crippen LogP contribution in [0.15, 0.2) is 212 Å². The molecule has 0 saturated carbocycles. The van der Waals surface area contributed by atoms with Gasteiger partial charge in [-0.05, 0) is 154 Å². The Morgan fingerprint density at radius 1 is 0.362 bits per heavy atom. The van der Waals surface area contributed by atoms with Crippen molar-refractivity contribution in [3.63, 3.8) is 0 Å². The highest BCUT2D eigenvalue weighted by Gasteiger charge is 2.37. The standard InChI is InChI=1S/C57H44Si/c1-5-49-38(2)58(3,4)55-37-54-53(36-52(49)55)56(47-32-43(39-20-10-6-11-21-39)30-44(33-47)40-22-12-7-13-23-40)50-28-18-19-29-51(50)57(54)48-34-45(41-24-14-8-15-25-41)31-46(35-48)42-26-16-9-17-27-42/h5-37H,1H2,2-4H3. The Hall–Kier alpha value is -6.80. The van der Waals surface area contributed by atoms with E-state index >= 15 is 0 Å². The molecule has 0 aromatic heterocycles. The van der Waals surface area contributed by atoms with Crippen LogP contribution >= 0.6 is 0 Å². The lowest BCUT2D eigenvalue weighted by atomic mass is 9.82. The summed E-state index contributed by atoms with van der Waals surface area (Å²) in [5, 5.41) is 8.04. The van der Waals surface area contributed by atoms with E-state index < -0.39 is 8.07 Å². The number of hydrogen-bond donors (Lipinski definition) is 0. The number of fused-ring (bicyclic) bond motifs is 3. The molecule has 9 aromatic rings. The van der Waals surface area contributed by atoms with Crippen molar-refractivity contribution >= 4 is 40.4 Å². The lowest BCUT2D eigenvalue weighted by Gasteiger charge is -2.24. The Balaban J connectivity index is 1.36. The van der Waals surface area contributed by atoms with E-state index in [0.717, 1.165) is 0 Å². The molecular formula is C57H44Si. The van der Waals surface area contributed by atoms with E-state index in [1.807, 2.05) is 0 Å². The van der Waals surface area contributed by atoms with Crippen molar-refractivity contribution in [1.82, 2.24) is 0 Å². The fourth-order valence-electron chi connectivity index (χ4n) is 9.32. The van der Waals surface area contributed by atoms with Gasteiger partial charge in [0.25, 0.3) is 0 Å². The molecule has 0 fully saturated rings. The Morgan fingerprint density at radius 3 is 1.05 bits per heavy atom. The summed E-state index contributed by atoms with van der Waals surface area (Å²) in [5.41, 5.74) is 17.3. The minimum Gasteiger partial charge on any atom is -0.0985 e. The molecule has 10 rings (SSSR count). The maximum absolute atomic E-state index is 4.36. The van der Waals surface area contributed by atoms with Gasteiger partial charge in [0.15, 0.2) is 0 Å². The maximum Gasteiger partial charge on any atom is 0.108 e. The van der Waals surface area contributed by atoms with Crippen LogP contribution in [0.25, 0.3) is 93.9 Å². The second-order valence-corrected chi connectivity index (χ2v) is 20.7. The van der Waals surface area contributed by atoms with Gasteiger partial charge >= 0.3 is 0 Å². The molecule has 1 heteroatoms. The SMILES string of the molecule is C=CC1=C(C)[Si](C)(C)c2cc3c(-c4cc(-c5ccccc5)cc(-c5ccccc5)c4)c4ccccc4c(-c4cc(-c5ccccc5)cc(-c5ccccc5)c4)c3cc21. The molecule has 0 aliphatic carbocycles. The van der Waals surface area contributed by atoms with E-state index in [4.69, 9.17) is 0 Å². The molecule has 1 aliphatic rings. The summed E-state index contributed by atoms with van der Waals surface area (Å²) in [6.07, 6.45) is 2.10. The number of benzene rings is 9. The summed E-state index contributed by atoms with van der Waals surface area (Å²) in [7, 11) is -1.98. The zero-order valence-electron chi connectivity index (χ0n) is 33.3. The van der Waals surface area contributed by atoms with Gasteiger partial charge < -0.3 is 0 Å². The van der Waals surface area contributed by atoms with Crippen molar-refractivity contribution in [3.8, 4) is 66.8 Å². The molecule has 58 heavy (non-hydrogen) atoms. The summed E-state index contributed by atoms with van der Waals surface area (Å²) in [5.74, 6) is 0. The zero-order chi connectivity index (χ0) is 39.4. The third kappa shape index (κ3) is 5.98. The average molecular weight is 757 g/mol. The van der Waals surface area contributed by atoms with Crippen LogP contribution in [-0.4, -0.2) is 8.07 Å². The lowest BCUT2D eigenvalue weighted by Crippen LogP contribution is -2.40. The molecule has 0 saturated heterocycles. The van der Waals surface area contributed by atoms with Gasteiger partial charge in [-0.3, -0.25) is 0 Å². The van der Waals surface area contributed by atoms with Crippen molar-refractivity contribution in [2.75, 3.05) is 0 Å². The van der Waals surface area contributed by atoms with Crippen molar-refractivity contribution in [3.05, 3.63) is 218 Å². The first-order valence-electron chi connectivity index (χ1n) is 20.3.